The number of amides is 1. The molecule has 4 heteroatoms. The van der Waals surface area contributed by atoms with Gasteiger partial charge in [-0.05, 0) is 37.6 Å². The summed E-state index contributed by atoms with van der Waals surface area (Å²) in [5.41, 5.74) is 2.57. The van der Waals surface area contributed by atoms with Crippen LogP contribution in [0.1, 0.15) is 29.6 Å². The Bertz CT molecular complexity index is 621. The van der Waals surface area contributed by atoms with Crippen molar-refractivity contribution in [2.24, 2.45) is 0 Å². The van der Waals surface area contributed by atoms with Crippen molar-refractivity contribution in [3.05, 3.63) is 54.4 Å². The fourth-order valence-electron chi connectivity index (χ4n) is 2.84. The second-order valence-electron chi connectivity index (χ2n) is 5.63. The third-order valence-corrected chi connectivity index (χ3v) is 4.06. The minimum atomic E-state index is -0.0353. The van der Waals surface area contributed by atoms with Crippen LogP contribution in [0.4, 0.5) is 0 Å². The van der Waals surface area contributed by atoms with Crippen LogP contribution in [0.2, 0.25) is 0 Å². The Labute approximate surface area is 131 Å². The fourth-order valence-corrected chi connectivity index (χ4v) is 2.84. The van der Waals surface area contributed by atoms with Crippen LogP contribution in [-0.4, -0.2) is 35.5 Å². The average Bonchev–Trinajstić information content (AvgIpc) is 2.61. The van der Waals surface area contributed by atoms with Crippen molar-refractivity contribution in [2.45, 2.75) is 19.3 Å². The molecule has 0 aliphatic carbocycles. The van der Waals surface area contributed by atoms with E-state index in [4.69, 9.17) is 0 Å². The zero-order chi connectivity index (χ0) is 15.2. The molecule has 0 saturated carbocycles. The standard InChI is InChI=1S/C18H21N3O/c22-18(20-14-21-11-5-2-6-12-21)16-9-10-19-13-17(16)15-7-3-1-4-8-15/h1,3-4,7-10,13H,2,5-6,11-12,14H2,(H,20,22). The zero-order valence-electron chi connectivity index (χ0n) is 12.7. The summed E-state index contributed by atoms with van der Waals surface area (Å²) < 4.78 is 0. The Kier molecular flexibility index (Phi) is 4.81. The third kappa shape index (κ3) is 3.52. The molecular formula is C18H21N3O. The maximum absolute atomic E-state index is 12.5. The first-order chi connectivity index (χ1) is 10.8. The van der Waals surface area contributed by atoms with Crippen molar-refractivity contribution in [3.63, 3.8) is 0 Å². The number of pyridine rings is 1. The van der Waals surface area contributed by atoms with E-state index < -0.39 is 0 Å². The molecule has 2 aromatic rings. The third-order valence-electron chi connectivity index (χ3n) is 4.06. The van der Waals surface area contributed by atoms with E-state index in [9.17, 15) is 4.79 Å². The number of likely N-dealkylation sites (tertiary alicyclic amines) is 1. The molecule has 0 radical (unpaired) electrons. The summed E-state index contributed by atoms with van der Waals surface area (Å²) in [6, 6.07) is 11.7. The maximum atomic E-state index is 12.5. The van der Waals surface area contributed by atoms with Gasteiger partial charge in [-0.1, -0.05) is 36.8 Å². The molecule has 1 N–H and O–H groups in total. The van der Waals surface area contributed by atoms with Gasteiger partial charge in [0.2, 0.25) is 0 Å². The Morgan fingerprint density at radius 2 is 1.86 bits per heavy atom. The molecule has 1 aromatic heterocycles. The number of hydrogen-bond acceptors (Lipinski definition) is 3. The summed E-state index contributed by atoms with van der Waals surface area (Å²) in [6.07, 6.45) is 7.17. The lowest BCUT2D eigenvalue weighted by Crippen LogP contribution is -2.40. The lowest BCUT2D eigenvalue weighted by Gasteiger charge is -2.26. The number of aromatic nitrogens is 1. The monoisotopic (exact) mass is 295 g/mol. The topological polar surface area (TPSA) is 45.2 Å². The molecular weight excluding hydrogens is 274 g/mol. The minimum absolute atomic E-state index is 0.0353. The van der Waals surface area contributed by atoms with Crippen molar-refractivity contribution in [2.75, 3.05) is 19.8 Å². The SMILES string of the molecule is O=C(NCN1CCCCC1)c1ccncc1-c1ccccc1. The molecule has 3 rings (SSSR count). The van der Waals surface area contributed by atoms with Crippen molar-refractivity contribution in [3.8, 4) is 11.1 Å². The second kappa shape index (κ2) is 7.18. The highest BCUT2D eigenvalue weighted by atomic mass is 16.1. The normalized spacial score (nSPS) is 15.5. The fraction of sp³-hybridized carbons (Fsp3) is 0.333. The van der Waals surface area contributed by atoms with Gasteiger partial charge in [0.25, 0.3) is 5.91 Å². The quantitative estimate of drug-likeness (QED) is 0.943. The van der Waals surface area contributed by atoms with Gasteiger partial charge in [0, 0.05) is 18.0 Å². The number of carbonyl (C=O) groups is 1. The van der Waals surface area contributed by atoms with Crippen molar-refractivity contribution >= 4 is 5.91 Å². The summed E-state index contributed by atoms with van der Waals surface area (Å²) in [6.45, 7) is 2.76. The Morgan fingerprint density at radius 1 is 1.09 bits per heavy atom. The Balaban J connectivity index is 1.72. The van der Waals surface area contributed by atoms with Gasteiger partial charge in [0.15, 0.2) is 0 Å². The van der Waals surface area contributed by atoms with Crippen LogP contribution in [0.3, 0.4) is 0 Å². The van der Waals surface area contributed by atoms with Crippen LogP contribution in [0.25, 0.3) is 11.1 Å². The van der Waals surface area contributed by atoms with Crippen LogP contribution in [0, 0.1) is 0 Å². The Hall–Kier alpha value is -2.20. The van der Waals surface area contributed by atoms with E-state index in [2.05, 4.69) is 15.2 Å². The first kappa shape index (κ1) is 14.7. The van der Waals surface area contributed by atoms with Gasteiger partial charge in [0.05, 0.1) is 12.2 Å². The number of nitrogens with one attached hydrogen (secondary N) is 1. The first-order valence-corrected chi connectivity index (χ1v) is 7.84. The number of nitrogens with zero attached hydrogens (tertiary/aromatic N) is 2. The summed E-state index contributed by atoms with van der Waals surface area (Å²) >= 11 is 0. The van der Waals surface area contributed by atoms with Gasteiger partial charge < -0.3 is 5.32 Å². The smallest absolute Gasteiger partial charge is 0.253 e. The van der Waals surface area contributed by atoms with Crippen LogP contribution in [0.15, 0.2) is 48.8 Å². The highest BCUT2D eigenvalue weighted by Crippen LogP contribution is 2.22. The van der Waals surface area contributed by atoms with E-state index in [1.165, 1.54) is 19.3 Å². The first-order valence-electron chi connectivity index (χ1n) is 7.84. The number of benzene rings is 1. The van der Waals surface area contributed by atoms with E-state index in [1.54, 1.807) is 18.5 Å². The minimum Gasteiger partial charge on any atom is -0.339 e. The van der Waals surface area contributed by atoms with E-state index >= 15 is 0 Å². The predicted octanol–water partition coefficient (Wildman–Crippen LogP) is 2.92. The van der Waals surface area contributed by atoms with E-state index in [-0.39, 0.29) is 5.91 Å². The van der Waals surface area contributed by atoms with Gasteiger partial charge in [0.1, 0.15) is 0 Å². The van der Waals surface area contributed by atoms with Crippen LogP contribution in [0.5, 0.6) is 0 Å². The molecule has 1 aliphatic rings. The van der Waals surface area contributed by atoms with Crippen molar-refractivity contribution < 1.29 is 4.79 Å². The number of hydrogen-bond donors (Lipinski definition) is 1. The van der Waals surface area contributed by atoms with Crippen molar-refractivity contribution in [1.82, 2.24) is 15.2 Å². The van der Waals surface area contributed by atoms with Gasteiger partial charge >= 0.3 is 0 Å². The Morgan fingerprint density at radius 3 is 2.64 bits per heavy atom. The second-order valence-corrected chi connectivity index (χ2v) is 5.63. The largest absolute Gasteiger partial charge is 0.339 e. The highest BCUT2D eigenvalue weighted by molar-refractivity contribution is 6.00. The molecule has 0 atom stereocenters. The molecule has 1 saturated heterocycles. The molecule has 0 unspecified atom stereocenters. The molecule has 1 aliphatic heterocycles. The summed E-state index contributed by atoms with van der Waals surface area (Å²) in [5, 5.41) is 3.04. The van der Waals surface area contributed by atoms with Crippen LogP contribution >= 0.6 is 0 Å². The average molecular weight is 295 g/mol. The number of rotatable bonds is 4. The van der Waals surface area contributed by atoms with Gasteiger partial charge in [-0.15, -0.1) is 0 Å². The lowest BCUT2D eigenvalue weighted by atomic mass is 10.0. The maximum Gasteiger partial charge on any atom is 0.253 e. The van der Waals surface area contributed by atoms with E-state index in [1.807, 2.05) is 30.3 Å². The molecule has 1 fully saturated rings. The summed E-state index contributed by atoms with van der Waals surface area (Å²) in [4.78, 5) is 19.0. The molecule has 114 valence electrons. The molecule has 1 amide bonds. The van der Waals surface area contributed by atoms with Crippen LogP contribution < -0.4 is 5.32 Å². The lowest BCUT2D eigenvalue weighted by molar-refractivity contribution is 0.0915. The molecule has 22 heavy (non-hydrogen) atoms. The van der Waals surface area contributed by atoms with E-state index in [0.29, 0.717) is 12.2 Å². The van der Waals surface area contributed by atoms with Gasteiger partial charge in [-0.2, -0.15) is 0 Å². The molecule has 4 nitrogen and oxygen atoms in total. The van der Waals surface area contributed by atoms with Crippen molar-refractivity contribution in [1.29, 1.82) is 0 Å². The molecule has 0 bridgehead atoms. The molecule has 0 spiro atoms. The highest BCUT2D eigenvalue weighted by Gasteiger charge is 2.15. The molecule has 2 heterocycles. The van der Waals surface area contributed by atoms with E-state index in [0.717, 1.165) is 24.2 Å². The van der Waals surface area contributed by atoms with Gasteiger partial charge in [-0.3, -0.25) is 14.7 Å². The predicted molar refractivity (Wildman–Crippen MR) is 87.4 cm³/mol. The molecule has 1 aromatic carbocycles. The van der Waals surface area contributed by atoms with Crippen LogP contribution in [-0.2, 0) is 0 Å². The summed E-state index contributed by atoms with van der Waals surface area (Å²) in [7, 11) is 0. The number of piperidine rings is 1. The zero-order valence-corrected chi connectivity index (χ0v) is 12.7. The summed E-state index contributed by atoms with van der Waals surface area (Å²) in [5.74, 6) is -0.0353. The number of carbonyl (C=O) groups excluding carboxylic acids is 1. The van der Waals surface area contributed by atoms with Gasteiger partial charge in [-0.25, -0.2) is 0 Å².